The van der Waals surface area contributed by atoms with Crippen LogP contribution in [0.5, 0.6) is 0 Å². The average Bonchev–Trinajstić information content (AvgIpc) is 2.90. The van der Waals surface area contributed by atoms with Crippen molar-refractivity contribution in [1.29, 1.82) is 0 Å². The molecule has 0 fully saturated rings. The molecule has 19 heavy (non-hydrogen) atoms. The maximum absolute atomic E-state index is 4.55. The zero-order valence-corrected chi connectivity index (χ0v) is 12.1. The number of anilines is 1. The fraction of sp³-hybridized carbons (Fsp3) is 0.286. The summed E-state index contributed by atoms with van der Waals surface area (Å²) in [4.78, 5) is 10.1. The van der Waals surface area contributed by atoms with Crippen molar-refractivity contribution in [1.82, 2.24) is 14.4 Å². The first kappa shape index (κ1) is 12.2. The van der Waals surface area contributed by atoms with Crippen molar-refractivity contribution in [2.75, 3.05) is 5.32 Å². The van der Waals surface area contributed by atoms with Crippen LogP contribution in [0.1, 0.15) is 22.8 Å². The van der Waals surface area contributed by atoms with E-state index in [2.05, 4.69) is 44.3 Å². The highest BCUT2D eigenvalue weighted by atomic mass is 32.1. The summed E-state index contributed by atoms with van der Waals surface area (Å²) in [6.07, 6.45) is 2.07. The molecule has 0 unspecified atom stereocenters. The van der Waals surface area contributed by atoms with Crippen LogP contribution >= 0.6 is 11.3 Å². The molecule has 1 N–H and O–H groups in total. The average molecular weight is 272 g/mol. The summed E-state index contributed by atoms with van der Waals surface area (Å²) in [6.45, 7) is 6.85. The summed E-state index contributed by atoms with van der Waals surface area (Å²) < 4.78 is 2.14. The van der Waals surface area contributed by atoms with E-state index in [-0.39, 0.29) is 0 Å². The zero-order valence-electron chi connectivity index (χ0n) is 11.3. The van der Waals surface area contributed by atoms with E-state index in [1.807, 2.05) is 19.9 Å². The molecule has 98 valence electrons. The largest absolute Gasteiger partial charge is 0.378 e. The van der Waals surface area contributed by atoms with Gasteiger partial charge in [0.25, 0.3) is 0 Å². The fourth-order valence-corrected chi connectivity index (χ4v) is 2.98. The lowest BCUT2D eigenvalue weighted by Crippen LogP contribution is -2.05. The number of nitrogens with zero attached hydrogens (tertiary/aromatic N) is 3. The molecule has 0 radical (unpaired) electrons. The number of rotatable bonds is 3. The Bertz CT molecular complexity index is 726. The Balaban J connectivity index is 1.85. The van der Waals surface area contributed by atoms with Gasteiger partial charge in [-0.3, -0.25) is 9.38 Å². The van der Waals surface area contributed by atoms with Crippen LogP contribution in [0.4, 0.5) is 5.69 Å². The van der Waals surface area contributed by atoms with Gasteiger partial charge in [0.15, 0.2) is 4.96 Å². The van der Waals surface area contributed by atoms with Crippen molar-refractivity contribution in [3.63, 3.8) is 0 Å². The number of fused-ring (bicyclic) bond motifs is 1. The van der Waals surface area contributed by atoms with Gasteiger partial charge >= 0.3 is 0 Å². The minimum absolute atomic E-state index is 0.759. The lowest BCUT2D eigenvalue weighted by molar-refractivity contribution is 0.984. The van der Waals surface area contributed by atoms with Gasteiger partial charge in [0.05, 0.1) is 29.3 Å². The summed E-state index contributed by atoms with van der Waals surface area (Å²) in [7, 11) is 0. The van der Waals surface area contributed by atoms with Gasteiger partial charge in [0.1, 0.15) is 0 Å². The van der Waals surface area contributed by atoms with Crippen LogP contribution in [0.25, 0.3) is 4.96 Å². The van der Waals surface area contributed by atoms with E-state index in [0.717, 1.165) is 34.3 Å². The third-order valence-corrected chi connectivity index (χ3v) is 3.99. The summed E-state index contributed by atoms with van der Waals surface area (Å²) >= 11 is 1.66. The van der Waals surface area contributed by atoms with E-state index >= 15 is 0 Å². The molecule has 3 heterocycles. The molecule has 4 nitrogen and oxygen atoms in total. The number of nitrogens with one attached hydrogen (secondary N) is 1. The molecular formula is C14H16N4S. The Morgan fingerprint density at radius 3 is 2.79 bits per heavy atom. The van der Waals surface area contributed by atoms with Crippen LogP contribution < -0.4 is 5.32 Å². The van der Waals surface area contributed by atoms with E-state index in [9.17, 15) is 0 Å². The molecule has 0 aliphatic heterocycles. The van der Waals surface area contributed by atoms with Crippen LogP contribution in [0, 0.1) is 20.8 Å². The van der Waals surface area contributed by atoms with Crippen LogP contribution in [-0.2, 0) is 6.54 Å². The van der Waals surface area contributed by atoms with E-state index in [0.29, 0.717) is 0 Å². The molecular weight excluding hydrogens is 256 g/mol. The number of hydrogen-bond acceptors (Lipinski definition) is 4. The number of thiazole rings is 1. The second-order valence-electron chi connectivity index (χ2n) is 4.64. The highest BCUT2D eigenvalue weighted by Crippen LogP contribution is 2.19. The minimum Gasteiger partial charge on any atom is -0.378 e. The van der Waals surface area contributed by atoms with Crippen molar-refractivity contribution < 1.29 is 0 Å². The Hall–Kier alpha value is -1.88. The van der Waals surface area contributed by atoms with Gasteiger partial charge in [-0.05, 0) is 32.9 Å². The molecule has 0 aliphatic carbocycles. The Kier molecular flexibility index (Phi) is 2.98. The normalized spacial score (nSPS) is 11.1. The first-order valence-electron chi connectivity index (χ1n) is 6.24. The summed E-state index contributed by atoms with van der Waals surface area (Å²) in [5.41, 5.74) is 5.44. The zero-order chi connectivity index (χ0) is 13.4. The first-order valence-corrected chi connectivity index (χ1v) is 7.12. The van der Waals surface area contributed by atoms with Crippen LogP contribution in [-0.4, -0.2) is 14.4 Å². The molecule has 0 aromatic carbocycles. The molecule has 3 aromatic heterocycles. The van der Waals surface area contributed by atoms with E-state index in [1.54, 1.807) is 11.3 Å². The maximum Gasteiger partial charge on any atom is 0.194 e. The van der Waals surface area contributed by atoms with E-state index in [1.165, 1.54) is 5.69 Å². The molecule has 3 aromatic rings. The first-order chi connectivity index (χ1) is 9.15. The Morgan fingerprint density at radius 2 is 2.00 bits per heavy atom. The number of imidazole rings is 1. The van der Waals surface area contributed by atoms with Gasteiger partial charge in [-0.25, -0.2) is 4.98 Å². The third kappa shape index (κ3) is 2.21. The summed E-state index contributed by atoms with van der Waals surface area (Å²) in [5, 5.41) is 5.51. The fourth-order valence-electron chi connectivity index (χ4n) is 2.21. The lowest BCUT2D eigenvalue weighted by Gasteiger charge is -2.09. The molecule has 0 saturated heterocycles. The highest BCUT2D eigenvalue weighted by molar-refractivity contribution is 7.15. The topological polar surface area (TPSA) is 42.2 Å². The Labute approximate surface area is 116 Å². The smallest absolute Gasteiger partial charge is 0.194 e. The third-order valence-electron chi connectivity index (χ3n) is 3.23. The second kappa shape index (κ2) is 4.66. The SMILES string of the molecule is Cc1ccc(NCc2c(C)nc3sccn23)c(C)n1. The predicted octanol–water partition coefficient (Wildman–Crippen LogP) is 3.33. The quantitative estimate of drug-likeness (QED) is 0.795. The molecule has 3 rings (SSSR count). The molecule has 0 atom stereocenters. The highest BCUT2D eigenvalue weighted by Gasteiger charge is 2.09. The van der Waals surface area contributed by atoms with Gasteiger partial charge in [0.2, 0.25) is 0 Å². The van der Waals surface area contributed by atoms with E-state index in [4.69, 9.17) is 0 Å². The van der Waals surface area contributed by atoms with Crippen LogP contribution in [0.2, 0.25) is 0 Å². The molecule has 0 aliphatic rings. The van der Waals surface area contributed by atoms with Crippen molar-refractivity contribution in [2.24, 2.45) is 0 Å². The monoisotopic (exact) mass is 272 g/mol. The standard InChI is InChI=1S/C14H16N4S/c1-9-4-5-12(10(2)16-9)15-8-13-11(3)17-14-18(13)6-7-19-14/h4-7,15H,8H2,1-3H3. The summed E-state index contributed by atoms with van der Waals surface area (Å²) in [6, 6.07) is 4.11. The number of pyridine rings is 1. The molecule has 5 heteroatoms. The second-order valence-corrected chi connectivity index (χ2v) is 5.51. The minimum atomic E-state index is 0.759. The van der Waals surface area contributed by atoms with Gasteiger partial charge < -0.3 is 5.32 Å². The summed E-state index contributed by atoms with van der Waals surface area (Å²) in [5.74, 6) is 0. The number of hydrogen-bond donors (Lipinski definition) is 1. The van der Waals surface area contributed by atoms with Gasteiger partial charge in [-0.1, -0.05) is 0 Å². The predicted molar refractivity (Wildman–Crippen MR) is 78.8 cm³/mol. The van der Waals surface area contributed by atoms with Crippen molar-refractivity contribution >= 4 is 22.0 Å². The maximum atomic E-state index is 4.55. The van der Waals surface area contributed by atoms with E-state index < -0.39 is 0 Å². The lowest BCUT2D eigenvalue weighted by atomic mass is 10.2. The van der Waals surface area contributed by atoms with Crippen molar-refractivity contribution in [3.8, 4) is 0 Å². The molecule has 0 spiro atoms. The van der Waals surface area contributed by atoms with Crippen molar-refractivity contribution in [2.45, 2.75) is 27.3 Å². The molecule has 0 saturated carbocycles. The van der Waals surface area contributed by atoms with Gasteiger partial charge in [-0.2, -0.15) is 0 Å². The van der Waals surface area contributed by atoms with Crippen LogP contribution in [0.3, 0.4) is 0 Å². The molecule has 0 bridgehead atoms. The van der Waals surface area contributed by atoms with Gasteiger partial charge in [0, 0.05) is 17.3 Å². The van der Waals surface area contributed by atoms with Crippen LogP contribution in [0.15, 0.2) is 23.7 Å². The number of aryl methyl sites for hydroxylation is 3. The van der Waals surface area contributed by atoms with Crippen molar-refractivity contribution in [3.05, 3.63) is 46.5 Å². The Morgan fingerprint density at radius 1 is 1.16 bits per heavy atom. The number of aromatic nitrogens is 3. The van der Waals surface area contributed by atoms with Gasteiger partial charge in [-0.15, -0.1) is 11.3 Å². The molecule has 0 amide bonds.